The highest BCUT2D eigenvalue weighted by atomic mass is 32.2. The zero-order chi connectivity index (χ0) is 21.9. The zero-order valence-corrected chi connectivity index (χ0v) is 19.1. The fraction of sp³-hybridized carbons (Fsp3) is 0.458. The standard InChI is InChI=1S/C24H33N3O3S/c1-2-25-24(26-16-9-19-31(28,29)20-21-10-5-3-6-11-21)27-17-14-23(15-18-27)30-22-12-7-4-8-13-22/h3-8,10-13,23H,2,9,14-20H2,1H3,(H,25,26). The Bertz CT molecular complexity index is 910. The molecule has 1 saturated heterocycles. The predicted molar refractivity (Wildman–Crippen MR) is 126 cm³/mol. The molecular weight excluding hydrogens is 410 g/mol. The summed E-state index contributed by atoms with van der Waals surface area (Å²) in [6, 6.07) is 19.3. The van der Waals surface area contributed by atoms with Gasteiger partial charge in [0.1, 0.15) is 11.9 Å². The second-order valence-electron chi connectivity index (χ2n) is 7.78. The van der Waals surface area contributed by atoms with Crippen LogP contribution in [-0.2, 0) is 15.6 Å². The molecule has 0 spiro atoms. The molecule has 1 heterocycles. The molecule has 6 nitrogen and oxygen atoms in total. The summed E-state index contributed by atoms with van der Waals surface area (Å²) in [7, 11) is -3.13. The minimum absolute atomic E-state index is 0.0898. The fourth-order valence-corrected chi connectivity index (χ4v) is 5.09. The van der Waals surface area contributed by atoms with Crippen molar-refractivity contribution in [2.45, 2.75) is 38.0 Å². The molecule has 0 saturated carbocycles. The molecule has 1 N–H and O–H groups in total. The first-order valence-electron chi connectivity index (χ1n) is 11.0. The van der Waals surface area contributed by atoms with E-state index in [1.807, 2.05) is 67.6 Å². The molecule has 3 rings (SSSR count). The Morgan fingerprint density at radius 3 is 2.35 bits per heavy atom. The van der Waals surface area contributed by atoms with Crippen molar-refractivity contribution < 1.29 is 13.2 Å². The summed E-state index contributed by atoms with van der Waals surface area (Å²) in [6.45, 7) is 5.07. The second-order valence-corrected chi connectivity index (χ2v) is 9.97. The highest BCUT2D eigenvalue weighted by Gasteiger charge is 2.22. The maximum atomic E-state index is 12.4. The number of likely N-dealkylation sites (tertiary alicyclic amines) is 1. The molecule has 0 aromatic heterocycles. The van der Waals surface area contributed by atoms with Gasteiger partial charge in [-0.3, -0.25) is 4.99 Å². The van der Waals surface area contributed by atoms with Crippen LogP contribution in [0.5, 0.6) is 5.75 Å². The van der Waals surface area contributed by atoms with Gasteiger partial charge in [-0.15, -0.1) is 0 Å². The molecule has 0 unspecified atom stereocenters. The van der Waals surface area contributed by atoms with Crippen LogP contribution in [0.2, 0.25) is 0 Å². The quantitative estimate of drug-likeness (QED) is 0.365. The number of guanidine groups is 1. The van der Waals surface area contributed by atoms with Crippen molar-refractivity contribution in [3.05, 3.63) is 66.2 Å². The summed E-state index contributed by atoms with van der Waals surface area (Å²) < 4.78 is 30.8. The zero-order valence-electron chi connectivity index (χ0n) is 18.2. The summed E-state index contributed by atoms with van der Waals surface area (Å²) >= 11 is 0. The van der Waals surface area contributed by atoms with Gasteiger partial charge >= 0.3 is 0 Å². The Morgan fingerprint density at radius 1 is 1.06 bits per heavy atom. The molecule has 168 valence electrons. The lowest BCUT2D eigenvalue weighted by molar-refractivity contribution is 0.129. The maximum absolute atomic E-state index is 12.4. The van der Waals surface area contributed by atoms with Crippen molar-refractivity contribution >= 4 is 15.8 Å². The van der Waals surface area contributed by atoms with Crippen LogP contribution in [0.15, 0.2) is 65.7 Å². The number of rotatable bonds is 9. The maximum Gasteiger partial charge on any atom is 0.193 e. The normalized spacial score (nSPS) is 15.6. The predicted octanol–water partition coefficient (Wildman–Crippen LogP) is 3.50. The molecule has 0 radical (unpaired) electrons. The number of nitrogens with one attached hydrogen (secondary N) is 1. The second kappa shape index (κ2) is 11.7. The van der Waals surface area contributed by atoms with Gasteiger partial charge in [-0.25, -0.2) is 8.42 Å². The molecule has 31 heavy (non-hydrogen) atoms. The van der Waals surface area contributed by atoms with E-state index in [0.717, 1.165) is 49.7 Å². The van der Waals surface area contributed by atoms with Crippen LogP contribution in [0.3, 0.4) is 0 Å². The van der Waals surface area contributed by atoms with Crippen molar-refractivity contribution in [2.24, 2.45) is 4.99 Å². The van der Waals surface area contributed by atoms with Crippen LogP contribution in [0.25, 0.3) is 0 Å². The van der Waals surface area contributed by atoms with Crippen LogP contribution in [0.4, 0.5) is 0 Å². The van der Waals surface area contributed by atoms with Crippen molar-refractivity contribution in [2.75, 3.05) is 31.9 Å². The monoisotopic (exact) mass is 443 g/mol. The number of benzene rings is 2. The average molecular weight is 444 g/mol. The number of hydrogen-bond acceptors (Lipinski definition) is 4. The Kier molecular flexibility index (Phi) is 8.76. The van der Waals surface area contributed by atoms with E-state index in [1.54, 1.807) is 0 Å². The number of hydrogen-bond donors (Lipinski definition) is 1. The van der Waals surface area contributed by atoms with Crippen molar-refractivity contribution in [3.63, 3.8) is 0 Å². The molecule has 1 aliphatic rings. The van der Waals surface area contributed by atoms with Gasteiger partial charge < -0.3 is 15.0 Å². The van der Waals surface area contributed by atoms with E-state index in [1.165, 1.54) is 0 Å². The number of piperidine rings is 1. The summed E-state index contributed by atoms with van der Waals surface area (Å²) in [5, 5.41) is 3.34. The SMILES string of the molecule is CCNC(=NCCCS(=O)(=O)Cc1ccccc1)N1CCC(Oc2ccccc2)CC1. The summed E-state index contributed by atoms with van der Waals surface area (Å²) in [5.74, 6) is 2.02. The van der Waals surface area contributed by atoms with Gasteiger partial charge in [-0.05, 0) is 31.0 Å². The van der Waals surface area contributed by atoms with Crippen LogP contribution in [-0.4, -0.2) is 57.3 Å². The number of nitrogens with zero attached hydrogens (tertiary/aromatic N) is 2. The first-order valence-corrected chi connectivity index (χ1v) is 12.9. The first-order chi connectivity index (χ1) is 15.1. The molecule has 0 amide bonds. The molecule has 0 atom stereocenters. The largest absolute Gasteiger partial charge is 0.490 e. The van der Waals surface area contributed by atoms with E-state index < -0.39 is 9.84 Å². The number of aliphatic imine (C=N–C) groups is 1. The lowest BCUT2D eigenvalue weighted by Gasteiger charge is -2.34. The van der Waals surface area contributed by atoms with E-state index in [-0.39, 0.29) is 17.6 Å². The summed E-state index contributed by atoms with van der Waals surface area (Å²) in [6.07, 6.45) is 2.61. The number of sulfone groups is 1. The lowest BCUT2D eigenvalue weighted by Crippen LogP contribution is -2.47. The van der Waals surface area contributed by atoms with Crippen molar-refractivity contribution in [1.29, 1.82) is 0 Å². The van der Waals surface area contributed by atoms with Gasteiger partial charge in [-0.2, -0.15) is 0 Å². The van der Waals surface area contributed by atoms with Gasteiger partial charge in [0.2, 0.25) is 0 Å². The van der Waals surface area contributed by atoms with Crippen LogP contribution in [0, 0.1) is 0 Å². The minimum atomic E-state index is -3.13. The Morgan fingerprint density at radius 2 is 1.71 bits per heavy atom. The molecule has 1 fully saturated rings. The van der Waals surface area contributed by atoms with Crippen molar-refractivity contribution in [3.8, 4) is 5.75 Å². The van der Waals surface area contributed by atoms with Crippen LogP contribution in [0.1, 0.15) is 31.7 Å². The van der Waals surface area contributed by atoms with E-state index in [4.69, 9.17) is 4.74 Å². The van der Waals surface area contributed by atoms with Crippen LogP contribution < -0.4 is 10.1 Å². The Balaban J connectivity index is 1.45. The molecule has 2 aromatic carbocycles. The van der Waals surface area contributed by atoms with Crippen molar-refractivity contribution in [1.82, 2.24) is 10.2 Å². The number of ether oxygens (including phenoxy) is 1. The first kappa shape index (κ1) is 23.1. The molecule has 0 aliphatic carbocycles. The van der Waals surface area contributed by atoms with Gasteiger partial charge in [0.25, 0.3) is 0 Å². The van der Waals surface area contributed by atoms with Gasteiger partial charge in [0.05, 0.1) is 11.5 Å². The third kappa shape index (κ3) is 7.90. The third-order valence-electron chi connectivity index (χ3n) is 5.23. The molecule has 7 heteroatoms. The fourth-order valence-electron chi connectivity index (χ4n) is 3.67. The van der Waals surface area contributed by atoms with E-state index in [2.05, 4.69) is 15.2 Å². The van der Waals surface area contributed by atoms with E-state index in [0.29, 0.717) is 13.0 Å². The average Bonchev–Trinajstić information content (AvgIpc) is 2.78. The third-order valence-corrected chi connectivity index (χ3v) is 6.91. The van der Waals surface area contributed by atoms with Gasteiger partial charge in [-0.1, -0.05) is 48.5 Å². The highest BCUT2D eigenvalue weighted by molar-refractivity contribution is 7.90. The van der Waals surface area contributed by atoms with Crippen LogP contribution >= 0.6 is 0 Å². The van der Waals surface area contributed by atoms with Gasteiger partial charge in [0.15, 0.2) is 15.8 Å². The lowest BCUT2D eigenvalue weighted by atomic mass is 10.1. The highest BCUT2D eigenvalue weighted by Crippen LogP contribution is 2.18. The molecule has 2 aromatic rings. The Hall–Kier alpha value is -2.54. The summed E-state index contributed by atoms with van der Waals surface area (Å²) in [5.41, 5.74) is 0.833. The molecule has 1 aliphatic heterocycles. The Labute approximate surface area is 186 Å². The van der Waals surface area contributed by atoms with E-state index in [9.17, 15) is 8.42 Å². The summed E-state index contributed by atoms with van der Waals surface area (Å²) in [4.78, 5) is 6.93. The van der Waals surface area contributed by atoms with E-state index >= 15 is 0 Å². The molecule has 0 bridgehead atoms. The number of para-hydroxylation sites is 1. The topological polar surface area (TPSA) is 71.0 Å². The molecular formula is C24H33N3O3S. The van der Waals surface area contributed by atoms with Gasteiger partial charge in [0, 0.05) is 39.0 Å². The smallest absolute Gasteiger partial charge is 0.193 e. The minimum Gasteiger partial charge on any atom is -0.490 e.